The summed E-state index contributed by atoms with van der Waals surface area (Å²) >= 11 is 1.47. The van der Waals surface area contributed by atoms with Gasteiger partial charge in [-0.15, -0.1) is 11.8 Å². The topological polar surface area (TPSA) is 71.5 Å². The summed E-state index contributed by atoms with van der Waals surface area (Å²) in [7, 11) is -8.72. The molecule has 4 aromatic carbocycles. The standard InChI is InChI=1S/C28H27NO4S3/c1-23-17-19-25(20-18-23)34-26(21-24-11-5-2-6-12-24)22-29(35(30,31)27-13-7-3-8-14-27)36(32,33)28-15-9-4-10-16-28/h2-20,26H,21-22H2,1H3. The number of sulfonamides is 2. The van der Waals surface area contributed by atoms with Gasteiger partial charge >= 0.3 is 0 Å². The van der Waals surface area contributed by atoms with Crippen LogP contribution in [0.5, 0.6) is 0 Å². The molecule has 0 fully saturated rings. The van der Waals surface area contributed by atoms with Crippen LogP contribution in [0.15, 0.2) is 130 Å². The van der Waals surface area contributed by atoms with E-state index in [0.29, 0.717) is 10.1 Å². The van der Waals surface area contributed by atoms with Crippen molar-refractivity contribution in [2.75, 3.05) is 6.54 Å². The van der Waals surface area contributed by atoms with Crippen LogP contribution in [0.1, 0.15) is 11.1 Å². The van der Waals surface area contributed by atoms with Gasteiger partial charge in [-0.2, -0.15) is 0 Å². The van der Waals surface area contributed by atoms with Crippen LogP contribution in [0.2, 0.25) is 0 Å². The van der Waals surface area contributed by atoms with Crippen molar-refractivity contribution in [1.29, 1.82) is 0 Å². The molecule has 0 radical (unpaired) electrons. The van der Waals surface area contributed by atoms with E-state index in [1.165, 1.54) is 36.0 Å². The summed E-state index contributed by atoms with van der Waals surface area (Å²) in [5.74, 6) is 0. The predicted octanol–water partition coefficient (Wildman–Crippen LogP) is 5.78. The number of thioether (sulfide) groups is 1. The SMILES string of the molecule is Cc1ccc(SC(Cc2ccccc2)CN(S(=O)(=O)c2ccccc2)S(=O)(=O)c2ccccc2)cc1. The first kappa shape index (κ1) is 26.2. The molecule has 0 bridgehead atoms. The molecule has 0 aliphatic rings. The van der Waals surface area contributed by atoms with Gasteiger partial charge in [0.2, 0.25) is 0 Å². The minimum Gasteiger partial charge on any atom is -0.206 e. The monoisotopic (exact) mass is 537 g/mol. The van der Waals surface area contributed by atoms with Crippen LogP contribution >= 0.6 is 11.8 Å². The first-order valence-corrected chi connectivity index (χ1v) is 15.2. The fourth-order valence-corrected chi connectivity index (χ4v) is 8.88. The molecule has 0 heterocycles. The minimum atomic E-state index is -4.36. The Morgan fingerprint density at radius 1 is 0.639 bits per heavy atom. The highest BCUT2D eigenvalue weighted by atomic mass is 32.3. The van der Waals surface area contributed by atoms with Gasteiger partial charge in [0.15, 0.2) is 0 Å². The lowest BCUT2D eigenvalue weighted by atomic mass is 10.1. The third-order valence-electron chi connectivity index (χ3n) is 5.60. The van der Waals surface area contributed by atoms with Crippen LogP contribution in [0.25, 0.3) is 0 Å². The van der Waals surface area contributed by atoms with E-state index in [1.54, 1.807) is 36.4 Å². The van der Waals surface area contributed by atoms with Crippen LogP contribution < -0.4 is 0 Å². The lowest BCUT2D eigenvalue weighted by Crippen LogP contribution is -2.41. The summed E-state index contributed by atoms with van der Waals surface area (Å²) in [5.41, 5.74) is 2.11. The molecule has 1 atom stereocenters. The summed E-state index contributed by atoms with van der Waals surface area (Å²) in [5, 5.41) is -0.368. The maximum Gasteiger partial charge on any atom is 0.256 e. The fourth-order valence-electron chi connectivity index (χ4n) is 3.74. The Morgan fingerprint density at radius 2 is 1.08 bits per heavy atom. The zero-order valence-corrected chi connectivity index (χ0v) is 22.2. The first-order chi connectivity index (χ1) is 17.3. The van der Waals surface area contributed by atoms with Crippen LogP contribution in [-0.2, 0) is 26.5 Å². The lowest BCUT2D eigenvalue weighted by molar-refractivity contribution is 0.493. The molecular formula is C28H27NO4S3. The Morgan fingerprint density at radius 3 is 1.56 bits per heavy atom. The average molecular weight is 538 g/mol. The van der Waals surface area contributed by atoms with Crippen LogP contribution in [-0.4, -0.2) is 32.3 Å². The van der Waals surface area contributed by atoms with E-state index in [2.05, 4.69) is 0 Å². The van der Waals surface area contributed by atoms with E-state index in [4.69, 9.17) is 0 Å². The van der Waals surface area contributed by atoms with Crippen molar-refractivity contribution in [1.82, 2.24) is 3.71 Å². The molecule has 1 unspecified atom stereocenters. The maximum atomic E-state index is 13.8. The zero-order chi connectivity index (χ0) is 25.6. The van der Waals surface area contributed by atoms with Crippen molar-refractivity contribution in [3.05, 3.63) is 126 Å². The molecule has 4 aromatic rings. The number of nitrogens with zero attached hydrogens (tertiary/aromatic N) is 1. The van der Waals surface area contributed by atoms with Gasteiger partial charge in [0.05, 0.1) is 9.79 Å². The van der Waals surface area contributed by atoms with Crippen molar-refractivity contribution in [2.45, 2.75) is 33.3 Å². The lowest BCUT2D eigenvalue weighted by Gasteiger charge is -2.27. The summed E-state index contributed by atoms with van der Waals surface area (Å²) in [6.07, 6.45) is 0.491. The summed E-state index contributed by atoms with van der Waals surface area (Å²) in [6, 6.07) is 33.0. The van der Waals surface area contributed by atoms with Crippen molar-refractivity contribution in [2.24, 2.45) is 0 Å². The van der Waals surface area contributed by atoms with Gasteiger partial charge in [0, 0.05) is 16.7 Å². The Bertz CT molecular complexity index is 1410. The molecule has 36 heavy (non-hydrogen) atoms. The molecule has 4 rings (SSSR count). The number of hydrogen-bond acceptors (Lipinski definition) is 5. The van der Waals surface area contributed by atoms with Gasteiger partial charge in [-0.1, -0.05) is 88.1 Å². The molecule has 0 aliphatic heterocycles. The molecule has 0 amide bonds. The second kappa shape index (κ2) is 11.4. The largest absolute Gasteiger partial charge is 0.256 e. The van der Waals surface area contributed by atoms with Crippen LogP contribution in [0, 0.1) is 6.92 Å². The molecule has 186 valence electrons. The Labute approximate surface area is 217 Å². The van der Waals surface area contributed by atoms with E-state index >= 15 is 0 Å². The smallest absolute Gasteiger partial charge is 0.206 e. The third-order valence-corrected chi connectivity index (χ3v) is 11.1. The van der Waals surface area contributed by atoms with Gasteiger partial charge < -0.3 is 0 Å². The van der Waals surface area contributed by atoms with Crippen molar-refractivity contribution < 1.29 is 16.8 Å². The predicted molar refractivity (Wildman–Crippen MR) is 145 cm³/mol. The third kappa shape index (κ3) is 6.25. The highest BCUT2D eigenvalue weighted by molar-refractivity contribution is 8.04. The molecular weight excluding hydrogens is 511 g/mol. The van der Waals surface area contributed by atoms with E-state index in [9.17, 15) is 16.8 Å². The quantitative estimate of drug-likeness (QED) is 0.240. The summed E-state index contributed by atoms with van der Waals surface area (Å²) in [6.45, 7) is 1.78. The maximum absolute atomic E-state index is 13.8. The Hall–Kier alpha value is -2.91. The van der Waals surface area contributed by atoms with Crippen molar-refractivity contribution in [3.8, 4) is 0 Å². The molecule has 0 aliphatic carbocycles. The fraction of sp³-hybridized carbons (Fsp3) is 0.143. The van der Waals surface area contributed by atoms with E-state index in [1.807, 2.05) is 61.5 Å². The first-order valence-electron chi connectivity index (χ1n) is 11.4. The van der Waals surface area contributed by atoms with Gasteiger partial charge in [-0.25, -0.2) is 16.8 Å². The Balaban J connectivity index is 1.78. The molecule has 0 saturated heterocycles. The van der Waals surface area contributed by atoms with E-state index in [-0.39, 0.29) is 21.6 Å². The number of hydrogen-bond donors (Lipinski definition) is 0. The highest BCUT2D eigenvalue weighted by Crippen LogP contribution is 2.31. The zero-order valence-electron chi connectivity index (χ0n) is 19.8. The number of rotatable bonds is 10. The molecule has 5 nitrogen and oxygen atoms in total. The molecule has 8 heteroatoms. The molecule has 0 aromatic heterocycles. The van der Waals surface area contributed by atoms with E-state index in [0.717, 1.165) is 16.0 Å². The summed E-state index contributed by atoms with van der Waals surface area (Å²) < 4.78 is 55.8. The molecule has 0 spiro atoms. The number of benzene rings is 4. The minimum absolute atomic E-state index is 0.0664. The van der Waals surface area contributed by atoms with Gasteiger partial charge in [-0.05, 0) is 55.3 Å². The Kier molecular flexibility index (Phi) is 8.31. The van der Waals surface area contributed by atoms with Gasteiger partial charge in [0.25, 0.3) is 20.0 Å². The summed E-state index contributed by atoms with van der Waals surface area (Å²) in [4.78, 5) is 0.808. The van der Waals surface area contributed by atoms with Crippen molar-refractivity contribution >= 4 is 31.8 Å². The second-order valence-electron chi connectivity index (χ2n) is 8.33. The highest BCUT2D eigenvalue weighted by Gasteiger charge is 2.38. The average Bonchev–Trinajstić information content (AvgIpc) is 2.90. The van der Waals surface area contributed by atoms with Crippen LogP contribution in [0.4, 0.5) is 0 Å². The second-order valence-corrected chi connectivity index (χ2v) is 13.7. The van der Waals surface area contributed by atoms with Gasteiger partial charge in [0.1, 0.15) is 0 Å². The molecule has 0 saturated carbocycles. The van der Waals surface area contributed by atoms with Crippen LogP contribution in [0.3, 0.4) is 0 Å². The number of aryl methyl sites for hydroxylation is 1. The molecule has 0 N–H and O–H groups in total. The normalized spacial score (nSPS) is 12.9. The van der Waals surface area contributed by atoms with Crippen molar-refractivity contribution in [3.63, 3.8) is 0 Å². The van der Waals surface area contributed by atoms with E-state index < -0.39 is 20.0 Å². The van der Waals surface area contributed by atoms with Gasteiger partial charge in [-0.3, -0.25) is 0 Å².